The van der Waals surface area contributed by atoms with Gasteiger partial charge in [-0.1, -0.05) is 6.07 Å². The van der Waals surface area contributed by atoms with Crippen LogP contribution in [-0.2, 0) is 14.3 Å². The maximum absolute atomic E-state index is 13.9. The third kappa shape index (κ3) is 3.56. The zero-order chi connectivity index (χ0) is 17.3. The second kappa shape index (κ2) is 6.84. The van der Waals surface area contributed by atoms with Crippen LogP contribution in [0.1, 0.15) is 30.7 Å². The molecule has 1 aromatic rings. The summed E-state index contributed by atoms with van der Waals surface area (Å²) < 4.78 is 32.1. The van der Waals surface area contributed by atoms with E-state index in [1.807, 2.05) is 0 Å². The van der Waals surface area contributed by atoms with Crippen molar-refractivity contribution in [3.8, 4) is 0 Å². The Morgan fingerprint density at radius 2 is 1.96 bits per heavy atom. The quantitative estimate of drug-likeness (QED) is 0.893. The second-order valence-electron chi connectivity index (χ2n) is 6.32. The van der Waals surface area contributed by atoms with Crippen LogP contribution >= 0.6 is 0 Å². The molecule has 1 aliphatic carbocycles. The van der Waals surface area contributed by atoms with E-state index in [-0.39, 0.29) is 24.4 Å². The molecule has 24 heavy (non-hydrogen) atoms. The first-order valence-electron chi connectivity index (χ1n) is 8.02. The number of benzene rings is 1. The summed E-state index contributed by atoms with van der Waals surface area (Å²) in [7, 11) is 0. The number of ether oxygens (including phenoxy) is 1. The summed E-state index contributed by atoms with van der Waals surface area (Å²) in [5, 5.41) is 9.10. The normalized spacial score (nSPS) is 23.8. The zero-order valence-corrected chi connectivity index (χ0v) is 13.1. The molecule has 1 N–H and O–H groups in total. The predicted molar refractivity (Wildman–Crippen MR) is 80.4 cm³/mol. The molecular weight excluding hydrogens is 320 g/mol. The minimum Gasteiger partial charge on any atom is -0.480 e. The molecule has 3 rings (SSSR count). The molecule has 2 aliphatic rings. The number of hydrogen-bond acceptors (Lipinski definition) is 3. The summed E-state index contributed by atoms with van der Waals surface area (Å²) in [5.74, 6) is -3.40. The van der Waals surface area contributed by atoms with E-state index in [0.29, 0.717) is 38.0 Å². The van der Waals surface area contributed by atoms with E-state index >= 15 is 0 Å². The van der Waals surface area contributed by atoms with E-state index in [2.05, 4.69) is 0 Å². The summed E-state index contributed by atoms with van der Waals surface area (Å²) in [5.41, 5.74) is 0.317. The molecule has 130 valence electrons. The number of carbonyl (C=O) groups excluding carboxylic acids is 1. The van der Waals surface area contributed by atoms with E-state index in [0.717, 1.165) is 6.07 Å². The van der Waals surface area contributed by atoms with Gasteiger partial charge in [0.2, 0.25) is 5.91 Å². The van der Waals surface area contributed by atoms with E-state index in [9.17, 15) is 18.4 Å². The average Bonchev–Trinajstić information content (AvgIpc) is 3.33. The number of carboxylic acid groups (broad SMARTS) is 1. The fourth-order valence-electron chi connectivity index (χ4n) is 3.36. The van der Waals surface area contributed by atoms with Crippen molar-refractivity contribution in [1.82, 2.24) is 4.90 Å². The van der Waals surface area contributed by atoms with Gasteiger partial charge in [0.1, 0.15) is 18.2 Å². The molecule has 1 aromatic carbocycles. The average molecular weight is 339 g/mol. The van der Waals surface area contributed by atoms with Gasteiger partial charge in [0.25, 0.3) is 0 Å². The van der Waals surface area contributed by atoms with Gasteiger partial charge in [-0.3, -0.25) is 9.59 Å². The Morgan fingerprint density at radius 1 is 1.25 bits per heavy atom. The molecule has 2 atom stereocenters. The number of rotatable bonds is 5. The van der Waals surface area contributed by atoms with Gasteiger partial charge in [-0.25, -0.2) is 8.78 Å². The number of halogens is 2. The molecule has 2 unspecified atom stereocenters. The molecule has 2 fully saturated rings. The zero-order valence-electron chi connectivity index (χ0n) is 13.1. The summed E-state index contributed by atoms with van der Waals surface area (Å²) in [6, 6.07) is 3.18. The van der Waals surface area contributed by atoms with Crippen molar-refractivity contribution in [2.45, 2.75) is 31.2 Å². The number of nitrogens with zero attached hydrogens (tertiary/aromatic N) is 1. The van der Waals surface area contributed by atoms with Crippen molar-refractivity contribution in [3.05, 3.63) is 35.4 Å². The monoisotopic (exact) mass is 339 g/mol. The second-order valence-corrected chi connectivity index (χ2v) is 6.32. The van der Waals surface area contributed by atoms with Gasteiger partial charge in [0, 0.05) is 31.2 Å². The molecule has 1 saturated carbocycles. The van der Waals surface area contributed by atoms with Gasteiger partial charge >= 0.3 is 5.97 Å². The third-order valence-electron chi connectivity index (χ3n) is 4.69. The maximum Gasteiger partial charge on any atom is 0.323 e. The Bertz CT molecular complexity index is 645. The van der Waals surface area contributed by atoms with Crippen LogP contribution in [-0.4, -0.2) is 47.7 Å². The predicted octanol–water partition coefficient (Wildman–Crippen LogP) is 2.16. The molecule has 1 aliphatic heterocycles. The fraction of sp³-hybridized carbons (Fsp3) is 0.529. The van der Waals surface area contributed by atoms with Crippen LogP contribution in [0.2, 0.25) is 0 Å². The molecule has 0 spiro atoms. The van der Waals surface area contributed by atoms with Crippen LogP contribution in [0.4, 0.5) is 8.78 Å². The summed E-state index contributed by atoms with van der Waals surface area (Å²) >= 11 is 0. The highest BCUT2D eigenvalue weighted by Gasteiger charge is 2.48. The Balaban J connectivity index is 1.72. The highest BCUT2D eigenvalue weighted by atomic mass is 19.1. The van der Waals surface area contributed by atoms with Crippen molar-refractivity contribution in [1.29, 1.82) is 0 Å². The van der Waals surface area contributed by atoms with E-state index < -0.39 is 23.5 Å². The van der Waals surface area contributed by atoms with Crippen LogP contribution in [0.3, 0.4) is 0 Å². The van der Waals surface area contributed by atoms with Crippen LogP contribution in [0.5, 0.6) is 0 Å². The topological polar surface area (TPSA) is 66.8 Å². The lowest BCUT2D eigenvalue weighted by molar-refractivity contribution is -0.148. The Labute approximate surface area is 138 Å². The van der Waals surface area contributed by atoms with Crippen LogP contribution in [0, 0.1) is 17.6 Å². The van der Waals surface area contributed by atoms with Crippen molar-refractivity contribution in [2.75, 3.05) is 19.8 Å². The maximum atomic E-state index is 13.9. The van der Waals surface area contributed by atoms with Gasteiger partial charge in [0.15, 0.2) is 0 Å². The lowest BCUT2D eigenvalue weighted by atomic mass is 10.0. The van der Waals surface area contributed by atoms with Crippen LogP contribution in [0.25, 0.3) is 0 Å². The first kappa shape index (κ1) is 16.8. The SMILES string of the molecule is O=C(O)CN(C(=O)C1CC1c1ccc(F)cc1F)C1CCOCC1. The van der Waals surface area contributed by atoms with Crippen molar-refractivity contribution >= 4 is 11.9 Å². The molecule has 1 saturated heterocycles. The van der Waals surface area contributed by atoms with Gasteiger partial charge in [-0.05, 0) is 36.8 Å². The molecular formula is C17H19F2NO4. The van der Waals surface area contributed by atoms with E-state index in [1.165, 1.54) is 17.0 Å². The molecule has 0 radical (unpaired) electrons. The molecule has 0 bridgehead atoms. The van der Waals surface area contributed by atoms with Crippen molar-refractivity contribution < 1.29 is 28.2 Å². The first-order chi connectivity index (χ1) is 11.5. The molecule has 7 heteroatoms. The van der Waals surface area contributed by atoms with Crippen molar-refractivity contribution in [2.24, 2.45) is 5.92 Å². The van der Waals surface area contributed by atoms with Crippen LogP contribution < -0.4 is 0 Å². The smallest absolute Gasteiger partial charge is 0.323 e. The molecule has 0 aromatic heterocycles. The minimum atomic E-state index is -1.07. The van der Waals surface area contributed by atoms with Gasteiger partial charge < -0.3 is 14.7 Å². The Hall–Kier alpha value is -2.02. The highest BCUT2D eigenvalue weighted by molar-refractivity contribution is 5.86. The van der Waals surface area contributed by atoms with Crippen molar-refractivity contribution in [3.63, 3.8) is 0 Å². The summed E-state index contributed by atoms with van der Waals surface area (Å²) in [4.78, 5) is 25.2. The number of hydrogen-bond donors (Lipinski definition) is 1. The van der Waals surface area contributed by atoms with Gasteiger partial charge in [0.05, 0.1) is 0 Å². The Morgan fingerprint density at radius 3 is 2.58 bits per heavy atom. The molecule has 1 heterocycles. The van der Waals surface area contributed by atoms with Gasteiger partial charge in [-0.15, -0.1) is 0 Å². The fourth-order valence-corrected chi connectivity index (χ4v) is 3.36. The number of carbonyl (C=O) groups is 2. The lowest BCUT2D eigenvalue weighted by Gasteiger charge is -2.33. The highest BCUT2D eigenvalue weighted by Crippen LogP contribution is 2.49. The summed E-state index contributed by atoms with van der Waals surface area (Å²) in [6.07, 6.45) is 1.66. The van der Waals surface area contributed by atoms with Gasteiger partial charge in [-0.2, -0.15) is 0 Å². The standard InChI is InChI=1S/C17H19F2NO4/c18-10-1-2-12(15(19)7-10)13-8-14(13)17(23)20(9-16(21)22)11-3-5-24-6-4-11/h1-2,7,11,13-14H,3-6,8-9H2,(H,21,22). The first-order valence-corrected chi connectivity index (χ1v) is 8.02. The van der Waals surface area contributed by atoms with E-state index in [4.69, 9.17) is 9.84 Å². The number of carboxylic acids is 1. The number of amides is 1. The molecule has 5 nitrogen and oxygen atoms in total. The Kier molecular flexibility index (Phi) is 4.80. The lowest BCUT2D eigenvalue weighted by Crippen LogP contribution is -2.46. The third-order valence-corrected chi connectivity index (χ3v) is 4.69. The van der Waals surface area contributed by atoms with E-state index in [1.54, 1.807) is 0 Å². The largest absolute Gasteiger partial charge is 0.480 e. The molecule has 1 amide bonds. The minimum absolute atomic E-state index is 0.165. The number of aliphatic carboxylic acids is 1. The summed E-state index contributed by atoms with van der Waals surface area (Å²) in [6.45, 7) is 0.627. The van der Waals surface area contributed by atoms with Crippen LogP contribution in [0.15, 0.2) is 18.2 Å².